The molecule has 0 amide bonds. The molecule has 4 aromatic carbocycles. The molecular formula is C25H23N5O16S5. The van der Waals surface area contributed by atoms with Crippen LogP contribution in [0.4, 0.5) is 28.4 Å². The number of aryl methyl sites for hydroxylation is 1. The Morgan fingerprint density at radius 3 is 2.00 bits per heavy atom. The largest absolute Gasteiger partial charge is 0.505 e. The monoisotopic (exact) mass is 809 g/mol. The predicted molar refractivity (Wildman–Crippen MR) is 176 cm³/mol. The summed E-state index contributed by atoms with van der Waals surface area (Å²) in [6, 6.07) is 9.96. The van der Waals surface area contributed by atoms with E-state index < -0.39 is 85.4 Å². The van der Waals surface area contributed by atoms with E-state index in [1.807, 2.05) is 0 Å². The number of rotatable bonds is 14. The summed E-state index contributed by atoms with van der Waals surface area (Å²) in [6.07, 6.45) is 0. The Balaban J connectivity index is 1.84. The van der Waals surface area contributed by atoms with Crippen LogP contribution in [0.1, 0.15) is 5.56 Å². The van der Waals surface area contributed by atoms with Gasteiger partial charge < -0.3 is 10.8 Å². The van der Waals surface area contributed by atoms with Crippen LogP contribution in [0.25, 0.3) is 10.8 Å². The zero-order chi connectivity index (χ0) is 37.9. The molecule has 0 saturated carbocycles. The van der Waals surface area contributed by atoms with E-state index in [2.05, 4.69) is 34.0 Å². The maximum Gasteiger partial charge on any atom is 0.397 e. The Morgan fingerprint density at radius 2 is 1.41 bits per heavy atom. The number of fused-ring (bicyclic) bond motifs is 1. The van der Waals surface area contributed by atoms with Crippen molar-refractivity contribution < 1.29 is 71.2 Å². The van der Waals surface area contributed by atoms with E-state index in [0.717, 1.165) is 42.5 Å². The van der Waals surface area contributed by atoms with E-state index in [-0.39, 0.29) is 44.0 Å². The van der Waals surface area contributed by atoms with Crippen LogP contribution in [0.2, 0.25) is 0 Å². The molecule has 0 spiro atoms. The number of nitrogens with two attached hydrogens (primary N) is 1. The quantitative estimate of drug-likeness (QED) is 0.0249. The van der Waals surface area contributed by atoms with Gasteiger partial charge in [0.25, 0.3) is 20.2 Å². The van der Waals surface area contributed by atoms with Gasteiger partial charge in [-0.2, -0.15) is 30.4 Å². The van der Waals surface area contributed by atoms with Crippen LogP contribution in [0.3, 0.4) is 0 Å². The predicted octanol–water partition coefficient (Wildman–Crippen LogP) is 4.78. The third-order valence-electron chi connectivity index (χ3n) is 6.44. The number of phenolic OH excluding ortho intramolecular Hbond substituents is 1. The second-order valence-corrected chi connectivity index (χ2v) is 16.6. The number of nitrogen functional groups attached to an aromatic ring is 1. The van der Waals surface area contributed by atoms with Gasteiger partial charge in [0.15, 0.2) is 15.6 Å². The molecule has 7 N–H and O–H groups in total. The van der Waals surface area contributed by atoms with Crippen LogP contribution >= 0.6 is 12.0 Å². The Hall–Kier alpha value is -4.19. The first-order chi connectivity index (χ1) is 23.6. The van der Waals surface area contributed by atoms with E-state index in [9.17, 15) is 47.9 Å². The summed E-state index contributed by atoms with van der Waals surface area (Å²) in [6.45, 7) is 0.707. The molecule has 0 aliphatic heterocycles. The molecule has 274 valence electrons. The molecule has 51 heavy (non-hydrogen) atoms. The van der Waals surface area contributed by atoms with Crippen molar-refractivity contribution in [1.29, 1.82) is 0 Å². The van der Waals surface area contributed by atoms with Crippen molar-refractivity contribution >= 4 is 91.7 Å². The highest BCUT2D eigenvalue weighted by Crippen LogP contribution is 2.49. The molecule has 0 saturated heterocycles. The Labute approximate surface area is 292 Å². The highest BCUT2D eigenvalue weighted by molar-refractivity contribution is 7.94. The van der Waals surface area contributed by atoms with Gasteiger partial charge in [-0.05, 0) is 66.4 Å². The number of phenols is 1. The summed E-state index contributed by atoms with van der Waals surface area (Å²) in [4.78, 5) is -2.09. The zero-order valence-corrected chi connectivity index (χ0v) is 29.3. The maximum absolute atomic E-state index is 12.5. The first kappa shape index (κ1) is 39.6. The topological polar surface area (TPSA) is 341 Å². The molecule has 0 bridgehead atoms. The lowest BCUT2D eigenvalue weighted by atomic mass is 10.1. The van der Waals surface area contributed by atoms with Crippen molar-refractivity contribution in [2.24, 2.45) is 20.5 Å². The maximum atomic E-state index is 12.5. The number of hydrogen-bond donors (Lipinski definition) is 6. The lowest BCUT2D eigenvalue weighted by molar-refractivity contribution is -0.432. The molecule has 0 aliphatic rings. The van der Waals surface area contributed by atoms with Gasteiger partial charge in [0.2, 0.25) is 0 Å². The van der Waals surface area contributed by atoms with Gasteiger partial charge in [-0.1, -0.05) is 11.1 Å². The number of benzene rings is 4. The minimum absolute atomic E-state index is 0.0803. The van der Waals surface area contributed by atoms with Gasteiger partial charge in [0.05, 0.1) is 51.0 Å². The molecule has 4 rings (SSSR count). The van der Waals surface area contributed by atoms with Crippen LogP contribution in [0, 0.1) is 6.92 Å². The van der Waals surface area contributed by atoms with Gasteiger partial charge in [-0.25, -0.2) is 17.9 Å². The van der Waals surface area contributed by atoms with Crippen LogP contribution in [0.15, 0.2) is 94.6 Å². The second-order valence-electron chi connectivity index (χ2n) is 9.92. The molecule has 0 heterocycles. The minimum Gasteiger partial charge on any atom is -0.505 e. The molecule has 0 aliphatic carbocycles. The molecule has 0 aromatic heterocycles. The van der Waals surface area contributed by atoms with Crippen molar-refractivity contribution in [1.82, 2.24) is 0 Å². The van der Waals surface area contributed by atoms with Crippen LogP contribution in [0.5, 0.6) is 5.75 Å². The highest BCUT2D eigenvalue weighted by Gasteiger charge is 2.26. The molecule has 0 atom stereocenters. The molecule has 0 fully saturated rings. The Bertz CT molecular complexity index is 2510. The van der Waals surface area contributed by atoms with Crippen LogP contribution in [-0.2, 0) is 54.0 Å². The third kappa shape index (κ3) is 9.78. The summed E-state index contributed by atoms with van der Waals surface area (Å²) in [5, 5.41) is 38.4. The van der Waals surface area contributed by atoms with Crippen molar-refractivity contribution in [3.8, 4) is 5.75 Å². The Kier molecular flexibility index (Phi) is 11.8. The number of nitrogens with zero attached hydrogens (tertiary/aromatic N) is 4. The lowest BCUT2D eigenvalue weighted by Crippen LogP contribution is -2.15. The minimum atomic E-state index is -5.11. The number of azo groups is 2. The fraction of sp³-hybridized carbons (Fsp3) is 0.120. The van der Waals surface area contributed by atoms with Gasteiger partial charge in [0, 0.05) is 0 Å². The van der Waals surface area contributed by atoms with Crippen molar-refractivity contribution in [2.45, 2.75) is 26.5 Å². The molecule has 21 nitrogen and oxygen atoms in total. The van der Waals surface area contributed by atoms with Gasteiger partial charge in [-0.15, -0.1) is 19.7 Å². The fourth-order valence-electron chi connectivity index (χ4n) is 4.25. The summed E-state index contributed by atoms with van der Waals surface area (Å²) in [5.74, 6) is -1.65. The van der Waals surface area contributed by atoms with E-state index in [1.165, 1.54) is 12.1 Å². The summed E-state index contributed by atoms with van der Waals surface area (Å²) in [7, 11) is -18.9. The summed E-state index contributed by atoms with van der Waals surface area (Å²) in [5.41, 5.74) is 4.50. The number of anilines is 1. The standard InChI is InChI=1S/C25H23N5O16S5/c1-13-2-7-19(49(35,36)37)17(10-13)28-29-23-18(47-46-45-32)11-14-12-20(50(38,39)40)24(22(26)21(14)25(23)31)30-27-15-3-5-16(6-4-15)48(33,34)9-8-44-51(41,42)43/h2-7,10-12,31-32H,8-9,26H2,1H3,(H,35,36,37)(H,38,39,40)(H,41,42,43). The SMILES string of the molecule is Cc1ccc(S(=O)(=O)O)c(N=Nc2c(SOOO)cc3cc(S(=O)(=O)O)c(N=Nc4ccc(S(=O)(=O)CCOS(=O)(=O)O)cc4)c(N)c3c2O)c1. The molecule has 26 heteroatoms. The molecular weight excluding hydrogens is 787 g/mol. The number of aromatic hydroxyl groups is 1. The molecule has 4 aromatic rings. The zero-order valence-electron chi connectivity index (χ0n) is 25.2. The average Bonchev–Trinajstić information content (AvgIpc) is 3.01. The van der Waals surface area contributed by atoms with E-state index in [0.29, 0.717) is 5.56 Å². The van der Waals surface area contributed by atoms with E-state index >= 15 is 0 Å². The van der Waals surface area contributed by atoms with E-state index in [4.69, 9.17) is 15.5 Å². The fourth-order valence-corrected chi connectivity index (χ4v) is 7.50. The molecule has 0 unspecified atom stereocenters. The first-order valence-corrected chi connectivity index (χ1v) is 19.9. The Morgan fingerprint density at radius 1 is 0.784 bits per heavy atom. The second kappa shape index (κ2) is 15.2. The first-order valence-electron chi connectivity index (χ1n) is 13.2. The van der Waals surface area contributed by atoms with Crippen molar-refractivity contribution in [3.63, 3.8) is 0 Å². The van der Waals surface area contributed by atoms with E-state index in [1.54, 1.807) is 6.92 Å². The smallest absolute Gasteiger partial charge is 0.397 e. The lowest BCUT2D eigenvalue weighted by Gasteiger charge is -2.14. The number of hydrogen-bond acceptors (Lipinski definition) is 19. The molecule has 0 radical (unpaired) electrons. The normalized spacial score (nSPS) is 13.1. The van der Waals surface area contributed by atoms with Crippen LogP contribution in [-0.4, -0.2) is 70.1 Å². The van der Waals surface area contributed by atoms with Gasteiger partial charge in [-0.3, -0.25) is 13.7 Å². The average molecular weight is 810 g/mol. The third-order valence-corrected chi connectivity index (χ3v) is 11.0. The van der Waals surface area contributed by atoms with Crippen molar-refractivity contribution in [2.75, 3.05) is 18.1 Å². The highest BCUT2D eigenvalue weighted by atomic mass is 32.3. The van der Waals surface area contributed by atoms with Gasteiger partial charge in [0.1, 0.15) is 26.9 Å². The van der Waals surface area contributed by atoms with Crippen molar-refractivity contribution in [3.05, 3.63) is 60.2 Å². The summed E-state index contributed by atoms with van der Waals surface area (Å²) < 4.78 is 131. The summed E-state index contributed by atoms with van der Waals surface area (Å²) >= 11 is 0.227. The number of sulfone groups is 1. The van der Waals surface area contributed by atoms with Gasteiger partial charge >= 0.3 is 10.4 Å². The van der Waals surface area contributed by atoms with Crippen LogP contribution < -0.4 is 5.73 Å².